The minimum atomic E-state index is -0.493. The molecule has 0 radical (unpaired) electrons. The van der Waals surface area contributed by atoms with Crippen LogP contribution in [-0.2, 0) is 20.7 Å². The van der Waals surface area contributed by atoms with Gasteiger partial charge in [-0.2, -0.15) is 0 Å². The molecule has 2 atom stereocenters. The second-order valence-corrected chi connectivity index (χ2v) is 6.57. The lowest BCUT2D eigenvalue weighted by Gasteiger charge is -2.27. The van der Waals surface area contributed by atoms with Crippen molar-refractivity contribution < 1.29 is 29.1 Å². The van der Waals surface area contributed by atoms with E-state index in [0.29, 0.717) is 25.9 Å². The van der Waals surface area contributed by atoms with Crippen LogP contribution >= 0.6 is 0 Å². The van der Waals surface area contributed by atoms with E-state index in [1.807, 2.05) is 13.0 Å². The normalized spacial score (nSPS) is 23.4. The molecule has 0 aliphatic carbocycles. The van der Waals surface area contributed by atoms with E-state index in [9.17, 15) is 9.90 Å². The fraction of sp³-hybridized carbons (Fsp3) is 0.706. The Labute approximate surface area is 152 Å². The summed E-state index contributed by atoms with van der Waals surface area (Å²) in [6.45, 7) is 6.67. The molecule has 9 heteroatoms. The van der Waals surface area contributed by atoms with Gasteiger partial charge in [-0.05, 0) is 6.92 Å². The van der Waals surface area contributed by atoms with Gasteiger partial charge in [0, 0.05) is 57.5 Å². The van der Waals surface area contributed by atoms with Crippen molar-refractivity contribution in [1.29, 1.82) is 0 Å². The predicted molar refractivity (Wildman–Crippen MR) is 91.6 cm³/mol. The van der Waals surface area contributed by atoms with Gasteiger partial charge in [0.25, 0.3) is 6.47 Å². The summed E-state index contributed by atoms with van der Waals surface area (Å²) in [7, 11) is 0. The van der Waals surface area contributed by atoms with Crippen molar-refractivity contribution in [3.8, 4) is 0 Å². The molecule has 2 N–H and O–H groups in total. The minimum absolute atomic E-state index is 0.0229. The Morgan fingerprint density at radius 2 is 2.08 bits per heavy atom. The van der Waals surface area contributed by atoms with Crippen LogP contribution in [0, 0.1) is 12.8 Å². The zero-order valence-corrected chi connectivity index (χ0v) is 15.0. The maximum atomic E-state index is 12.4. The van der Waals surface area contributed by atoms with Crippen molar-refractivity contribution in [1.82, 2.24) is 15.0 Å². The molecule has 0 bridgehead atoms. The monoisotopic (exact) mass is 369 g/mol. The van der Waals surface area contributed by atoms with Crippen molar-refractivity contribution in [2.24, 2.45) is 5.92 Å². The van der Waals surface area contributed by atoms with Gasteiger partial charge in [-0.1, -0.05) is 5.16 Å². The Balaban J connectivity index is 0.000000758. The lowest BCUT2D eigenvalue weighted by molar-refractivity contribution is -0.131. The third-order valence-corrected chi connectivity index (χ3v) is 4.64. The van der Waals surface area contributed by atoms with Crippen molar-refractivity contribution in [2.75, 3.05) is 45.9 Å². The summed E-state index contributed by atoms with van der Waals surface area (Å²) in [6, 6.07) is 1.88. The van der Waals surface area contributed by atoms with Crippen molar-refractivity contribution in [3.63, 3.8) is 0 Å². The van der Waals surface area contributed by atoms with Crippen LogP contribution in [0.2, 0.25) is 0 Å². The number of hydrogen-bond donors (Lipinski definition) is 2. The number of β-amino-alcohol motifs (C(OH)–C–C–N with tert-alkyl or cyclic N) is 1. The predicted octanol–water partition coefficient (Wildman–Crippen LogP) is -0.232. The highest BCUT2D eigenvalue weighted by Gasteiger charge is 2.34. The summed E-state index contributed by atoms with van der Waals surface area (Å²) in [6.07, 6.45) is 0.628. The molecule has 1 aromatic rings. The number of rotatable bonds is 5. The first-order valence-electron chi connectivity index (χ1n) is 8.79. The average molecular weight is 369 g/mol. The summed E-state index contributed by atoms with van der Waals surface area (Å²) in [5.41, 5.74) is 0.839. The number of carbonyl (C=O) groups is 2. The summed E-state index contributed by atoms with van der Waals surface area (Å²) < 4.78 is 10.5. The lowest BCUT2D eigenvalue weighted by Crippen LogP contribution is -2.39. The van der Waals surface area contributed by atoms with Crippen molar-refractivity contribution >= 4 is 12.4 Å². The molecule has 9 nitrogen and oxygen atoms in total. The fourth-order valence-corrected chi connectivity index (χ4v) is 3.27. The third-order valence-electron chi connectivity index (χ3n) is 4.64. The van der Waals surface area contributed by atoms with E-state index in [1.165, 1.54) is 0 Å². The molecule has 2 aliphatic heterocycles. The molecule has 1 aromatic heterocycles. The largest absolute Gasteiger partial charge is 0.483 e. The molecule has 146 valence electrons. The zero-order valence-electron chi connectivity index (χ0n) is 15.0. The molecule has 3 rings (SSSR count). The van der Waals surface area contributed by atoms with Crippen LogP contribution < -0.4 is 0 Å². The highest BCUT2D eigenvalue weighted by Crippen LogP contribution is 2.22. The molecular weight excluding hydrogens is 342 g/mol. The number of hydrogen-bond acceptors (Lipinski definition) is 7. The molecule has 2 saturated heterocycles. The minimum Gasteiger partial charge on any atom is -0.483 e. The van der Waals surface area contributed by atoms with Gasteiger partial charge in [-0.3, -0.25) is 14.5 Å². The Kier molecular flexibility index (Phi) is 8.02. The SMILES string of the molecule is Cc1cc(C[C@@H]2CN(C(=O)CCN3CCOCC3)C[C@H]2O)on1.O=CO. The molecule has 0 saturated carbocycles. The molecule has 0 unspecified atom stereocenters. The average Bonchev–Trinajstić information content (AvgIpc) is 3.20. The first kappa shape index (κ1) is 20.3. The van der Waals surface area contributed by atoms with E-state index in [2.05, 4.69) is 10.1 Å². The van der Waals surface area contributed by atoms with Gasteiger partial charge in [0.1, 0.15) is 5.76 Å². The maximum Gasteiger partial charge on any atom is 0.290 e. The summed E-state index contributed by atoms with van der Waals surface area (Å²) in [5.74, 6) is 0.913. The van der Waals surface area contributed by atoms with E-state index in [4.69, 9.17) is 19.2 Å². The molecule has 2 aliphatic rings. The van der Waals surface area contributed by atoms with Crippen LogP contribution in [0.15, 0.2) is 10.6 Å². The highest BCUT2D eigenvalue weighted by molar-refractivity contribution is 5.76. The van der Waals surface area contributed by atoms with Gasteiger partial charge in [0.15, 0.2) is 0 Å². The number of likely N-dealkylation sites (tertiary alicyclic amines) is 1. The van der Waals surface area contributed by atoms with Gasteiger partial charge in [-0.15, -0.1) is 0 Å². The Bertz CT molecular complexity index is 573. The van der Waals surface area contributed by atoms with Gasteiger partial charge in [0.2, 0.25) is 5.91 Å². The van der Waals surface area contributed by atoms with E-state index < -0.39 is 6.10 Å². The number of carboxylic acid groups (broad SMARTS) is 1. The van der Waals surface area contributed by atoms with Gasteiger partial charge in [-0.25, -0.2) is 0 Å². The topological polar surface area (TPSA) is 116 Å². The van der Waals surface area contributed by atoms with Crippen LogP contribution in [0.25, 0.3) is 0 Å². The van der Waals surface area contributed by atoms with Crippen LogP contribution in [0.3, 0.4) is 0 Å². The quantitative estimate of drug-likeness (QED) is 0.684. The summed E-state index contributed by atoms with van der Waals surface area (Å²) in [5, 5.41) is 21.0. The standard InChI is InChI=1S/C16H25N3O4.CH2O2/c1-12-8-14(23-17-12)9-13-10-19(11-15(13)20)16(21)2-3-18-4-6-22-7-5-18;2-1-3/h8,13,15,20H,2-7,9-11H2,1H3;1H,(H,2,3)/t13-,15-;/m1./s1. The van der Waals surface area contributed by atoms with E-state index >= 15 is 0 Å². The molecule has 2 fully saturated rings. The number of ether oxygens (including phenoxy) is 1. The molecule has 0 aromatic carbocycles. The first-order valence-corrected chi connectivity index (χ1v) is 8.79. The maximum absolute atomic E-state index is 12.4. The van der Waals surface area contributed by atoms with Crippen LogP contribution in [0.5, 0.6) is 0 Å². The van der Waals surface area contributed by atoms with Gasteiger partial charge >= 0.3 is 0 Å². The van der Waals surface area contributed by atoms with Crippen molar-refractivity contribution in [3.05, 3.63) is 17.5 Å². The van der Waals surface area contributed by atoms with Crippen molar-refractivity contribution in [2.45, 2.75) is 25.9 Å². The fourth-order valence-electron chi connectivity index (χ4n) is 3.27. The van der Waals surface area contributed by atoms with E-state index in [-0.39, 0.29) is 18.3 Å². The van der Waals surface area contributed by atoms with Gasteiger partial charge in [0.05, 0.1) is 25.0 Å². The molecular formula is C17H27N3O6. The number of amides is 1. The third kappa shape index (κ3) is 6.08. The van der Waals surface area contributed by atoms with Crippen LogP contribution in [0.1, 0.15) is 17.9 Å². The number of aliphatic hydroxyl groups excluding tert-OH is 1. The number of carbonyl (C=O) groups excluding carboxylic acids is 1. The second kappa shape index (κ2) is 10.2. The van der Waals surface area contributed by atoms with Gasteiger partial charge < -0.3 is 24.4 Å². The Hall–Kier alpha value is -1.97. The first-order chi connectivity index (χ1) is 12.5. The Morgan fingerprint density at radius 1 is 1.38 bits per heavy atom. The van der Waals surface area contributed by atoms with E-state index in [0.717, 1.165) is 44.3 Å². The smallest absolute Gasteiger partial charge is 0.290 e. The summed E-state index contributed by atoms with van der Waals surface area (Å²) >= 11 is 0. The van der Waals surface area contributed by atoms with Crippen LogP contribution in [-0.4, -0.2) is 89.6 Å². The molecule has 26 heavy (non-hydrogen) atoms. The Morgan fingerprint density at radius 3 is 2.69 bits per heavy atom. The number of aliphatic hydroxyl groups is 1. The highest BCUT2D eigenvalue weighted by atomic mass is 16.5. The number of nitrogens with zero attached hydrogens (tertiary/aromatic N) is 3. The van der Waals surface area contributed by atoms with Crippen LogP contribution in [0.4, 0.5) is 0 Å². The number of aromatic nitrogens is 1. The number of morpholine rings is 1. The zero-order chi connectivity index (χ0) is 18.9. The molecule has 3 heterocycles. The second-order valence-electron chi connectivity index (χ2n) is 6.57. The summed E-state index contributed by atoms with van der Waals surface area (Å²) in [4.78, 5) is 24.7. The lowest BCUT2D eigenvalue weighted by atomic mass is 10.0. The molecule has 0 spiro atoms. The van der Waals surface area contributed by atoms with E-state index in [1.54, 1.807) is 4.90 Å². The number of aryl methyl sites for hydroxylation is 1. The molecule has 1 amide bonds.